The second-order valence-corrected chi connectivity index (χ2v) is 11.4. The number of thiazole rings is 1. The minimum absolute atomic E-state index is 0.0578. The molecule has 2 aromatic heterocycles. The molecule has 1 amide bonds. The van der Waals surface area contributed by atoms with Gasteiger partial charge in [0.2, 0.25) is 5.91 Å². The van der Waals surface area contributed by atoms with Gasteiger partial charge >= 0.3 is 0 Å². The number of para-hydroxylation sites is 1. The number of nitrogens with zero attached hydrogens (tertiary/aromatic N) is 4. The maximum absolute atomic E-state index is 14.5. The van der Waals surface area contributed by atoms with E-state index in [1.54, 1.807) is 53.4 Å². The monoisotopic (exact) mass is 527 g/mol. The van der Waals surface area contributed by atoms with Crippen molar-refractivity contribution in [2.24, 2.45) is 0 Å². The lowest BCUT2D eigenvalue weighted by Crippen LogP contribution is -2.55. The molecule has 1 N–H and O–H groups in total. The highest BCUT2D eigenvalue weighted by Gasteiger charge is 2.31. The van der Waals surface area contributed by atoms with Crippen molar-refractivity contribution in [1.29, 1.82) is 0 Å². The Morgan fingerprint density at radius 3 is 2.64 bits per heavy atom. The Labute approximate surface area is 213 Å². The number of anilines is 2. The fourth-order valence-electron chi connectivity index (χ4n) is 4.66. The van der Waals surface area contributed by atoms with Gasteiger partial charge in [-0.1, -0.05) is 12.1 Å². The van der Waals surface area contributed by atoms with Crippen molar-refractivity contribution >= 4 is 49.0 Å². The Morgan fingerprint density at radius 1 is 1.17 bits per heavy atom. The van der Waals surface area contributed by atoms with E-state index in [1.165, 1.54) is 23.6 Å². The van der Waals surface area contributed by atoms with Gasteiger partial charge in [0, 0.05) is 54.5 Å². The van der Waals surface area contributed by atoms with E-state index in [1.807, 2.05) is 24.0 Å². The largest absolute Gasteiger partial charge is 0.368 e. The number of piperazine rings is 1. The molecule has 2 aromatic carbocycles. The molecule has 11 heteroatoms. The molecule has 5 rings (SSSR count). The van der Waals surface area contributed by atoms with Gasteiger partial charge < -0.3 is 14.4 Å². The highest BCUT2D eigenvalue weighted by atomic mass is 32.2. The van der Waals surface area contributed by atoms with Gasteiger partial charge in [0.05, 0.1) is 10.4 Å². The first kappa shape index (κ1) is 24.3. The van der Waals surface area contributed by atoms with Crippen LogP contribution in [0.4, 0.5) is 15.2 Å². The topological polar surface area (TPSA) is 87.5 Å². The van der Waals surface area contributed by atoms with E-state index in [0.29, 0.717) is 30.3 Å². The van der Waals surface area contributed by atoms with E-state index in [0.717, 1.165) is 11.1 Å². The van der Waals surface area contributed by atoms with Crippen LogP contribution in [-0.4, -0.2) is 54.5 Å². The lowest BCUT2D eigenvalue weighted by molar-refractivity contribution is -0.136. The number of rotatable bonds is 6. The summed E-state index contributed by atoms with van der Waals surface area (Å²) in [5.41, 5.74) is 1.32. The number of halogens is 1. The number of carbonyl (C=O) groups excluding carboxylic acids is 1. The van der Waals surface area contributed by atoms with Gasteiger partial charge in [-0.05, 0) is 50.2 Å². The molecular weight excluding hydrogens is 501 g/mol. The van der Waals surface area contributed by atoms with Crippen molar-refractivity contribution in [2.75, 3.05) is 29.3 Å². The molecule has 0 spiro atoms. The fraction of sp³-hybridized carbons (Fsp3) is 0.280. The molecule has 1 aliphatic rings. The Balaban J connectivity index is 1.26. The molecule has 1 fully saturated rings. The van der Waals surface area contributed by atoms with Crippen molar-refractivity contribution in [3.05, 3.63) is 72.1 Å². The van der Waals surface area contributed by atoms with Gasteiger partial charge in [-0.3, -0.25) is 9.52 Å². The minimum Gasteiger partial charge on any atom is -0.368 e. The van der Waals surface area contributed by atoms with E-state index in [2.05, 4.69) is 14.6 Å². The van der Waals surface area contributed by atoms with Crippen LogP contribution in [0.25, 0.3) is 10.9 Å². The SMILES string of the molecule is C[C@@H]1CN(c2ccc(S(=O)(=O)Nc3nccs3)cc2)CCN1C(=O)[C@@H](C)n1ccc2cccc(F)c21. The first-order chi connectivity index (χ1) is 17.2. The first-order valence-electron chi connectivity index (χ1n) is 11.6. The predicted octanol–water partition coefficient (Wildman–Crippen LogP) is 4.34. The number of amides is 1. The van der Waals surface area contributed by atoms with Crippen LogP contribution in [0.3, 0.4) is 0 Å². The summed E-state index contributed by atoms with van der Waals surface area (Å²) < 4.78 is 43.8. The summed E-state index contributed by atoms with van der Waals surface area (Å²) >= 11 is 1.21. The number of nitrogens with one attached hydrogen (secondary N) is 1. The zero-order chi connectivity index (χ0) is 25.4. The van der Waals surface area contributed by atoms with Crippen LogP contribution in [0.15, 0.2) is 71.2 Å². The highest BCUT2D eigenvalue weighted by Crippen LogP contribution is 2.27. The van der Waals surface area contributed by atoms with Crippen molar-refractivity contribution in [3.8, 4) is 0 Å². The third-order valence-corrected chi connectivity index (χ3v) is 8.71. The summed E-state index contributed by atoms with van der Waals surface area (Å²) in [4.78, 5) is 21.5. The van der Waals surface area contributed by atoms with Crippen LogP contribution in [0.5, 0.6) is 0 Å². The third-order valence-electron chi connectivity index (χ3n) is 6.54. The number of fused-ring (bicyclic) bond motifs is 1. The van der Waals surface area contributed by atoms with Crippen LogP contribution in [0.2, 0.25) is 0 Å². The van der Waals surface area contributed by atoms with Gasteiger partial charge in [-0.2, -0.15) is 0 Å². The van der Waals surface area contributed by atoms with E-state index in [4.69, 9.17) is 0 Å². The smallest absolute Gasteiger partial charge is 0.263 e. The molecule has 0 aliphatic carbocycles. The first-order valence-corrected chi connectivity index (χ1v) is 13.9. The van der Waals surface area contributed by atoms with Gasteiger partial charge in [0.15, 0.2) is 5.13 Å². The molecule has 1 saturated heterocycles. The van der Waals surface area contributed by atoms with Gasteiger partial charge in [-0.15, -0.1) is 11.3 Å². The molecule has 188 valence electrons. The number of carbonyl (C=O) groups is 1. The molecule has 4 aromatic rings. The molecular formula is C25H26FN5O3S2. The third kappa shape index (κ3) is 4.56. The maximum Gasteiger partial charge on any atom is 0.263 e. The van der Waals surface area contributed by atoms with E-state index < -0.39 is 16.1 Å². The molecule has 3 heterocycles. The van der Waals surface area contributed by atoms with Crippen molar-refractivity contribution in [3.63, 3.8) is 0 Å². The number of hydrogen-bond acceptors (Lipinski definition) is 6. The standard InChI is InChI=1S/C25H26FN5O3S2/c1-17-16-29(20-6-8-21(9-7-20)36(33,34)28-25-27-11-15-35-25)13-14-30(17)24(32)18(2)31-12-10-19-4-3-5-22(26)23(19)31/h3-12,15,17-18H,13-14,16H2,1-2H3,(H,27,28)/t17-,18-/m1/s1. The maximum atomic E-state index is 14.5. The van der Waals surface area contributed by atoms with Crippen LogP contribution in [0, 0.1) is 5.82 Å². The Morgan fingerprint density at radius 2 is 1.94 bits per heavy atom. The van der Waals surface area contributed by atoms with Gasteiger partial charge in [0.1, 0.15) is 11.9 Å². The van der Waals surface area contributed by atoms with Gasteiger partial charge in [-0.25, -0.2) is 17.8 Å². The zero-order valence-corrected chi connectivity index (χ0v) is 21.5. The number of aromatic nitrogens is 2. The summed E-state index contributed by atoms with van der Waals surface area (Å²) in [5.74, 6) is -0.403. The molecule has 1 aliphatic heterocycles. The second-order valence-electron chi connectivity index (χ2n) is 8.84. The lowest BCUT2D eigenvalue weighted by atomic mass is 10.1. The van der Waals surface area contributed by atoms with Crippen molar-refractivity contribution < 1.29 is 17.6 Å². The molecule has 0 saturated carbocycles. The van der Waals surface area contributed by atoms with Crippen LogP contribution < -0.4 is 9.62 Å². The molecule has 0 bridgehead atoms. The molecule has 2 atom stereocenters. The van der Waals surface area contributed by atoms with E-state index in [9.17, 15) is 17.6 Å². The summed E-state index contributed by atoms with van der Waals surface area (Å²) in [5, 5.41) is 2.78. The van der Waals surface area contributed by atoms with Crippen LogP contribution in [0.1, 0.15) is 19.9 Å². The van der Waals surface area contributed by atoms with Crippen LogP contribution in [-0.2, 0) is 14.8 Å². The van der Waals surface area contributed by atoms with E-state index >= 15 is 0 Å². The Bertz CT molecular complexity index is 1490. The second kappa shape index (κ2) is 9.55. The number of benzene rings is 2. The predicted molar refractivity (Wildman–Crippen MR) is 139 cm³/mol. The number of sulfonamides is 1. The molecule has 0 unspecified atom stereocenters. The van der Waals surface area contributed by atoms with Crippen molar-refractivity contribution in [1.82, 2.24) is 14.5 Å². The minimum atomic E-state index is -3.71. The summed E-state index contributed by atoms with van der Waals surface area (Å²) in [6, 6.07) is 12.8. The molecule has 0 radical (unpaired) electrons. The van der Waals surface area contributed by atoms with Crippen molar-refractivity contribution in [2.45, 2.75) is 30.8 Å². The Hall–Kier alpha value is -3.44. The van der Waals surface area contributed by atoms with Gasteiger partial charge in [0.25, 0.3) is 10.0 Å². The quantitative estimate of drug-likeness (QED) is 0.403. The van der Waals surface area contributed by atoms with E-state index in [-0.39, 0.29) is 22.7 Å². The Kier molecular flexibility index (Phi) is 6.44. The van der Waals surface area contributed by atoms with Crippen LogP contribution >= 0.6 is 11.3 Å². The normalized spacial score (nSPS) is 17.4. The average Bonchev–Trinajstić information content (AvgIpc) is 3.53. The number of hydrogen-bond donors (Lipinski definition) is 1. The molecule has 8 nitrogen and oxygen atoms in total. The molecule has 36 heavy (non-hydrogen) atoms. The summed E-state index contributed by atoms with van der Waals surface area (Å²) in [6.45, 7) is 5.50. The lowest BCUT2D eigenvalue weighted by Gasteiger charge is -2.42. The fourth-order valence-corrected chi connectivity index (χ4v) is 6.45. The zero-order valence-electron chi connectivity index (χ0n) is 19.8. The average molecular weight is 528 g/mol. The summed E-state index contributed by atoms with van der Waals surface area (Å²) in [7, 11) is -3.71. The summed E-state index contributed by atoms with van der Waals surface area (Å²) in [6.07, 6.45) is 3.30. The highest BCUT2D eigenvalue weighted by molar-refractivity contribution is 7.93.